The molecule has 3 rings (SSSR count). The number of nitrogens with zero attached hydrogens (tertiary/aromatic N) is 1. The molecule has 1 fully saturated rings. The maximum Gasteiger partial charge on any atom is 0.272 e. The van der Waals surface area contributed by atoms with Gasteiger partial charge in [0.15, 0.2) is 0 Å². The Morgan fingerprint density at radius 2 is 1.65 bits per heavy atom. The Bertz CT molecular complexity index is 763. The minimum atomic E-state index is -0.0906. The van der Waals surface area contributed by atoms with Crippen molar-refractivity contribution in [2.75, 3.05) is 13.2 Å². The molecule has 0 spiro atoms. The standard InChI is InChI=1S/C19H24N2O2/c1-11-9-12(2)16(13(3)10-11)18-17(14(4)20-21-19(18)22)15-5-7-23-8-6-15/h9-10,15H,5-8H2,1-4H3,(H,21,22). The lowest BCUT2D eigenvalue weighted by Gasteiger charge is -2.26. The van der Waals surface area contributed by atoms with E-state index in [2.05, 4.69) is 43.1 Å². The first-order valence-electron chi connectivity index (χ1n) is 8.24. The highest BCUT2D eigenvalue weighted by atomic mass is 16.5. The quantitative estimate of drug-likeness (QED) is 0.922. The predicted molar refractivity (Wildman–Crippen MR) is 92.0 cm³/mol. The minimum absolute atomic E-state index is 0.0906. The molecule has 23 heavy (non-hydrogen) atoms. The molecule has 4 nitrogen and oxygen atoms in total. The fourth-order valence-electron chi connectivity index (χ4n) is 3.86. The molecule has 1 aliphatic heterocycles. The van der Waals surface area contributed by atoms with Crippen molar-refractivity contribution >= 4 is 0 Å². The third-order valence-corrected chi connectivity index (χ3v) is 4.77. The van der Waals surface area contributed by atoms with E-state index in [4.69, 9.17) is 4.74 Å². The molecule has 1 aliphatic rings. The minimum Gasteiger partial charge on any atom is -0.381 e. The average molecular weight is 312 g/mol. The van der Waals surface area contributed by atoms with Crippen LogP contribution in [0.5, 0.6) is 0 Å². The third-order valence-electron chi connectivity index (χ3n) is 4.77. The zero-order valence-electron chi connectivity index (χ0n) is 14.3. The molecular formula is C19H24N2O2. The van der Waals surface area contributed by atoms with Gasteiger partial charge in [-0.3, -0.25) is 4.79 Å². The number of aromatic nitrogens is 2. The van der Waals surface area contributed by atoms with Gasteiger partial charge in [-0.15, -0.1) is 0 Å². The Morgan fingerprint density at radius 1 is 1.04 bits per heavy atom. The van der Waals surface area contributed by atoms with Crippen molar-refractivity contribution in [1.29, 1.82) is 0 Å². The van der Waals surface area contributed by atoms with Crippen molar-refractivity contribution < 1.29 is 4.74 Å². The fraction of sp³-hybridized carbons (Fsp3) is 0.474. The summed E-state index contributed by atoms with van der Waals surface area (Å²) in [4.78, 5) is 12.7. The third kappa shape index (κ3) is 2.95. The van der Waals surface area contributed by atoms with Crippen LogP contribution in [-0.4, -0.2) is 23.4 Å². The molecule has 0 unspecified atom stereocenters. The molecule has 122 valence electrons. The van der Waals surface area contributed by atoms with Gasteiger partial charge in [-0.2, -0.15) is 5.10 Å². The van der Waals surface area contributed by atoms with Gasteiger partial charge in [0.1, 0.15) is 0 Å². The van der Waals surface area contributed by atoms with E-state index in [1.165, 1.54) is 5.56 Å². The molecule has 0 saturated carbocycles. The molecule has 1 aromatic carbocycles. The summed E-state index contributed by atoms with van der Waals surface area (Å²) in [5.41, 5.74) is 7.31. The number of hydrogen-bond donors (Lipinski definition) is 1. The van der Waals surface area contributed by atoms with E-state index in [1.54, 1.807) is 0 Å². The number of benzene rings is 1. The second-order valence-electron chi connectivity index (χ2n) is 6.59. The van der Waals surface area contributed by atoms with Crippen molar-refractivity contribution in [3.63, 3.8) is 0 Å². The highest BCUT2D eigenvalue weighted by molar-refractivity contribution is 5.74. The second-order valence-corrected chi connectivity index (χ2v) is 6.59. The SMILES string of the molecule is Cc1cc(C)c(-c2c(C3CCOCC3)c(C)n[nH]c2=O)c(C)c1. The van der Waals surface area contributed by atoms with Crippen LogP contribution in [0.25, 0.3) is 11.1 Å². The number of rotatable bonds is 2. The van der Waals surface area contributed by atoms with Crippen LogP contribution in [0.2, 0.25) is 0 Å². The molecule has 0 bridgehead atoms. The molecule has 0 atom stereocenters. The summed E-state index contributed by atoms with van der Waals surface area (Å²) in [6.45, 7) is 9.75. The number of aromatic amines is 1. The largest absolute Gasteiger partial charge is 0.381 e. The topological polar surface area (TPSA) is 55.0 Å². The summed E-state index contributed by atoms with van der Waals surface area (Å²) in [5, 5.41) is 6.92. The van der Waals surface area contributed by atoms with Gasteiger partial charge in [0.25, 0.3) is 5.56 Å². The van der Waals surface area contributed by atoms with Crippen LogP contribution >= 0.6 is 0 Å². The molecule has 1 N–H and O–H groups in total. The van der Waals surface area contributed by atoms with E-state index in [1.807, 2.05) is 6.92 Å². The van der Waals surface area contributed by atoms with E-state index in [0.717, 1.165) is 59.6 Å². The molecular weight excluding hydrogens is 288 g/mol. The van der Waals surface area contributed by atoms with Crippen LogP contribution in [0, 0.1) is 27.7 Å². The maximum atomic E-state index is 12.7. The summed E-state index contributed by atoms with van der Waals surface area (Å²) < 4.78 is 5.49. The second kappa shape index (κ2) is 6.28. The lowest BCUT2D eigenvalue weighted by atomic mass is 9.83. The average Bonchev–Trinajstić information content (AvgIpc) is 2.50. The van der Waals surface area contributed by atoms with Gasteiger partial charge in [-0.1, -0.05) is 17.7 Å². The van der Waals surface area contributed by atoms with Gasteiger partial charge in [0.05, 0.1) is 11.3 Å². The van der Waals surface area contributed by atoms with Crippen LogP contribution < -0.4 is 5.56 Å². The van der Waals surface area contributed by atoms with Crippen molar-refractivity contribution in [3.8, 4) is 11.1 Å². The van der Waals surface area contributed by atoms with Gasteiger partial charge in [-0.05, 0) is 68.7 Å². The molecule has 2 heterocycles. The Kier molecular flexibility index (Phi) is 4.35. The van der Waals surface area contributed by atoms with Crippen LogP contribution in [-0.2, 0) is 4.74 Å². The molecule has 4 heteroatoms. The molecule has 1 saturated heterocycles. The lowest BCUT2D eigenvalue weighted by molar-refractivity contribution is 0.0852. The number of hydrogen-bond acceptors (Lipinski definition) is 3. The van der Waals surface area contributed by atoms with Gasteiger partial charge in [0, 0.05) is 13.2 Å². The summed E-state index contributed by atoms with van der Waals surface area (Å²) in [5.74, 6) is 0.341. The van der Waals surface area contributed by atoms with Gasteiger partial charge >= 0.3 is 0 Å². The summed E-state index contributed by atoms with van der Waals surface area (Å²) in [7, 11) is 0. The molecule has 1 aromatic heterocycles. The number of nitrogens with one attached hydrogen (secondary N) is 1. The first-order valence-corrected chi connectivity index (χ1v) is 8.24. The van der Waals surface area contributed by atoms with E-state index >= 15 is 0 Å². The fourth-order valence-corrected chi connectivity index (χ4v) is 3.86. The van der Waals surface area contributed by atoms with Crippen LogP contribution in [0.15, 0.2) is 16.9 Å². The Labute approximate surface area is 136 Å². The Hall–Kier alpha value is -1.94. The summed E-state index contributed by atoms with van der Waals surface area (Å²) >= 11 is 0. The zero-order valence-corrected chi connectivity index (χ0v) is 14.3. The van der Waals surface area contributed by atoms with Crippen molar-refractivity contribution in [3.05, 3.63) is 50.4 Å². The van der Waals surface area contributed by atoms with Crippen molar-refractivity contribution in [2.24, 2.45) is 0 Å². The monoisotopic (exact) mass is 312 g/mol. The van der Waals surface area contributed by atoms with Gasteiger partial charge in [-0.25, -0.2) is 5.10 Å². The molecule has 0 aliphatic carbocycles. The Balaban J connectivity index is 2.27. The van der Waals surface area contributed by atoms with Crippen LogP contribution in [0.1, 0.15) is 46.7 Å². The van der Waals surface area contributed by atoms with Crippen molar-refractivity contribution in [1.82, 2.24) is 10.2 Å². The lowest BCUT2D eigenvalue weighted by Crippen LogP contribution is -2.22. The summed E-state index contributed by atoms with van der Waals surface area (Å²) in [6.07, 6.45) is 1.89. The highest BCUT2D eigenvalue weighted by Crippen LogP contribution is 2.36. The Morgan fingerprint density at radius 3 is 2.26 bits per heavy atom. The highest BCUT2D eigenvalue weighted by Gasteiger charge is 2.25. The first-order chi connectivity index (χ1) is 11.0. The summed E-state index contributed by atoms with van der Waals surface area (Å²) in [6, 6.07) is 4.29. The molecule has 2 aromatic rings. The molecule has 0 radical (unpaired) electrons. The number of ether oxygens (including phenoxy) is 1. The van der Waals surface area contributed by atoms with Crippen molar-refractivity contribution in [2.45, 2.75) is 46.5 Å². The van der Waals surface area contributed by atoms with E-state index in [0.29, 0.717) is 5.92 Å². The van der Waals surface area contributed by atoms with E-state index < -0.39 is 0 Å². The van der Waals surface area contributed by atoms with Crippen LogP contribution in [0.4, 0.5) is 0 Å². The number of H-pyrrole nitrogens is 1. The smallest absolute Gasteiger partial charge is 0.272 e. The van der Waals surface area contributed by atoms with Gasteiger partial charge < -0.3 is 4.74 Å². The van der Waals surface area contributed by atoms with Gasteiger partial charge in [0.2, 0.25) is 0 Å². The van der Waals surface area contributed by atoms with E-state index in [9.17, 15) is 4.79 Å². The number of aryl methyl sites for hydroxylation is 4. The maximum absolute atomic E-state index is 12.7. The normalized spacial score (nSPS) is 15.8. The molecule has 0 amide bonds. The predicted octanol–water partition coefficient (Wildman–Crippen LogP) is 3.56. The van der Waals surface area contributed by atoms with Crippen LogP contribution in [0.3, 0.4) is 0 Å². The first kappa shape index (κ1) is 15.9. The van der Waals surface area contributed by atoms with E-state index in [-0.39, 0.29) is 5.56 Å². The zero-order chi connectivity index (χ0) is 16.6.